The molecule has 3 rings (SSSR count). The number of nitrogens with zero attached hydrogens (tertiary/aromatic N) is 5. The Labute approximate surface area is 143 Å². The van der Waals surface area contributed by atoms with E-state index in [4.69, 9.17) is 0 Å². The number of nitrogens with one attached hydrogen (secondary N) is 2. The van der Waals surface area contributed by atoms with Crippen molar-refractivity contribution in [3.63, 3.8) is 0 Å². The largest absolute Gasteiger partial charge is 0.363 e. The average Bonchev–Trinajstić information content (AvgIpc) is 3.05. The van der Waals surface area contributed by atoms with Gasteiger partial charge in [0, 0.05) is 29.5 Å². The van der Waals surface area contributed by atoms with Crippen LogP contribution in [0.1, 0.15) is 24.3 Å². The van der Waals surface area contributed by atoms with E-state index in [0.29, 0.717) is 24.0 Å². The molecule has 0 aliphatic rings. The molecule has 9 heteroatoms. The summed E-state index contributed by atoms with van der Waals surface area (Å²) in [6.07, 6.45) is 0.747. The van der Waals surface area contributed by atoms with Crippen LogP contribution in [0.3, 0.4) is 0 Å². The predicted octanol–water partition coefficient (Wildman–Crippen LogP) is 2.65. The molecule has 1 aromatic carbocycles. The molecular weight excluding hydrogens is 322 g/mol. The molecule has 2 aromatic heterocycles. The van der Waals surface area contributed by atoms with E-state index < -0.39 is 4.92 Å². The summed E-state index contributed by atoms with van der Waals surface area (Å²) in [5.41, 5.74) is 1.63. The van der Waals surface area contributed by atoms with E-state index in [1.165, 1.54) is 12.1 Å². The third kappa shape index (κ3) is 3.94. The smallest absolute Gasteiger partial charge is 0.269 e. The number of aryl methyl sites for hydroxylation is 2. The summed E-state index contributed by atoms with van der Waals surface area (Å²) in [4.78, 5) is 23.6. The summed E-state index contributed by atoms with van der Waals surface area (Å²) in [7, 11) is 0. The number of hydrogen-bond donors (Lipinski definition) is 2. The van der Waals surface area contributed by atoms with Crippen molar-refractivity contribution >= 4 is 11.5 Å². The maximum Gasteiger partial charge on any atom is 0.269 e. The molecule has 25 heavy (non-hydrogen) atoms. The van der Waals surface area contributed by atoms with Gasteiger partial charge in [0.25, 0.3) is 5.69 Å². The van der Waals surface area contributed by atoms with Crippen molar-refractivity contribution in [3.8, 4) is 11.4 Å². The fourth-order valence-corrected chi connectivity index (χ4v) is 2.27. The molecule has 0 atom stereocenters. The number of nitro groups is 1. The van der Waals surface area contributed by atoms with Gasteiger partial charge in [-0.15, -0.1) is 0 Å². The van der Waals surface area contributed by atoms with Gasteiger partial charge in [0.05, 0.1) is 11.5 Å². The SMILES string of the molecule is CCc1cc(NCc2n[nH]c(C)n2)nc(-c2ccc([N+](=O)[O-])cc2)n1. The first kappa shape index (κ1) is 16.5. The first-order valence-electron chi connectivity index (χ1n) is 7.79. The van der Waals surface area contributed by atoms with Gasteiger partial charge < -0.3 is 5.32 Å². The molecule has 9 nitrogen and oxygen atoms in total. The summed E-state index contributed by atoms with van der Waals surface area (Å²) in [6.45, 7) is 4.28. The number of non-ortho nitro benzene ring substituents is 1. The normalized spacial score (nSPS) is 10.6. The minimum absolute atomic E-state index is 0.0359. The average molecular weight is 339 g/mol. The molecule has 3 aromatic rings. The van der Waals surface area contributed by atoms with Crippen LogP contribution in [-0.4, -0.2) is 30.1 Å². The number of rotatable bonds is 6. The Bertz CT molecular complexity index is 890. The Morgan fingerprint density at radius 3 is 2.56 bits per heavy atom. The van der Waals surface area contributed by atoms with E-state index in [2.05, 4.69) is 30.5 Å². The first-order valence-corrected chi connectivity index (χ1v) is 7.79. The lowest BCUT2D eigenvalue weighted by Crippen LogP contribution is -2.06. The van der Waals surface area contributed by atoms with Gasteiger partial charge in [-0.05, 0) is 25.5 Å². The maximum absolute atomic E-state index is 10.8. The molecule has 0 aliphatic carbocycles. The van der Waals surface area contributed by atoms with Gasteiger partial charge in [0.15, 0.2) is 11.6 Å². The highest BCUT2D eigenvalue weighted by atomic mass is 16.6. The molecular formula is C16H17N7O2. The standard InChI is InChI=1S/C16H17N7O2/c1-3-12-8-14(17-9-15-18-10(2)21-22-15)20-16(19-12)11-4-6-13(7-5-11)23(24)25/h4-8H,3,9H2,1-2H3,(H,17,19,20)(H,18,21,22). The zero-order valence-electron chi connectivity index (χ0n) is 13.9. The number of benzene rings is 1. The van der Waals surface area contributed by atoms with Crippen molar-refractivity contribution in [2.24, 2.45) is 0 Å². The minimum Gasteiger partial charge on any atom is -0.363 e. The van der Waals surface area contributed by atoms with E-state index >= 15 is 0 Å². The fraction of sp³-hybridized carbons (Fsp3) is 0.250. The lowest BCUT2D eigenvalue weighted by Gasteiger charge is -2.08. The number of nitro benzene ring substituents is 1. The zero-order chi connectivity index (χ0) is 17.8. The summed E-state index contributed by atoms with van der Waals surface area (Å²) >= 11 is 0. The molecule has 0 radical (unpaired) electrons. The van der Waals surface area contributed by atoms with Gasteiger partial charge in [0.1, 0.15) is 11.6 Å². The van der Waals surface area contributed by atoms with Crippen molar-refractivity contribution in [3.05, 3.63) is 57.8 Å². The maximum atomic E-state index is 10.8. The number of hydrogen-bond acceptors (Lipinski definition) is 7. The quantitative estimate of drug-likeness (QED) is 0.523. The molecule has 2 heterocycles. The van der Waals surface area contributed by atoms with Crippen LogP contribution in [0.2, 0.25) is 0 Å². The highest BCUT2D eigenvalue weighted by molar-refractivity contribution is 5.59. The van der Waals surface area contributed by atoms with E-state index in [0.717, 1.165) is 23.5 Å². The van der Waals surface area contributed by atoms with Crippen molar-refractivity contribution in [2.45, 2.75) is 26.8 Å². The van der Waals surface area contributed by atoms with Crippen molar-refractivity contribution in [1.29, 1.82) is 0 Å². The van der Waals surface area contributed by atoms with Crippen LogP contribution in [0.25, 0.3) is 11.4 Å². The second-order valence-electron chi connectivity index (χ2n) is 5.42. The van der Waals surface area contributed by atoms with E-state index in [1.54, 1.807) is 12.1 Å². The van der Waals surface area contributed by atoms with Crippen LogP contribution >= 0.6 is 0 Å². The topological polar surface area (TPSA) is 123 Å². The minimum atomic E-state index is -0.432. The number of anilines is 1. The van der Waals surface area contributed by atoms with Gasteiger partial charge in [-0.1, -0.05) is 6.92 Å². The molecule has 2 N–H and O–H groups in total. The molecule has 0 amide bonds. The zero-order valence-corrected chi connectivity index (χ0v) is 13.9. The number of H-pyrrole nitrogens is 1. The van der Waals surface area contributed by atoms with Crippen molar-refractivity contribution in [1.82, 2.24) is 25.1 Å². The Kier molecular flexibility index (Phi) is 4.64. The van der Waals surface area contributed by atoms with Crippen LogP contribution < -0.4 is 5.32 Å². The van der Waals surface area contributed by atoms with Crippen molar-refractivity contribution < 1.29 is 4.92 Å². The predicted molar refractivity (Wildman–Crippen MR) is 91.9 cm³/mol. The van der Waals surface area contributed by atoms with Crippen LogP contribution in [0.5, 0.6) is 0 Å². The van der Waals surface area contributed by atoms with Crippen molar-refractivity contribution in [2.75, 3.05) is 5.32 Å². The number of aromatic amines is 1. The Hall–Kier alpha value is -3.36. The third-order valence-corrected chi connectivity index (χ3v) is 3.55. The molecule has 0 saturated heterocycles. The molecule has 0 saturated carbocycles. The summed E-state index contributed by atoms with van der Waals surface area (Å²) < 4.78 is 0. The van der Waals surface area contributed by atoms with Crippen LogP contribution in [0.4, 0.5) is 11.5 Å². The fourth-order valence-electron chi connectivity index (χ4n) is 2.27. The Morgan fingerprint density at radius 2 is 1.96 bits per heavy atom. The highest BCUT2D eigenvalue weighted by Gasteiger charge is 2.10. The molecule has 0 bridgehead atoms. The summed E-state index contributed by atoms with van der Waals surface area (Å²) in [6, 6.07) is 8.06. The molecule has 0 unspecified atom stereocenters. The van der Waals surface area contributed by atoms with E-state index in [9.17, 15) is 10.1 Å². The van der Waals surface area contributed by atoms with Crippen LogP contribution in [0.15, 0.2) is 30.3 Å². The molecule has 128 valence electrons. The van der Waals surface area contributed by atoms with Crippen LogP contribution in [-0.2, 0) is 13.0 Å². The lowest BCUT2D eigenvalue weighted by molar-refractivity contribution is -0.384. The monoisotopic (exact) mass is 339 g/mol. The molecule has 0 fully saturated rings. The molecule has 0 aliphatic heterocycles. The first-order chi connectivity index (χ1) is 12.0. The van der Waals surface area contributed by atoms with Gasteiger partial charge >= 0.3 is 0 Å². The lowest BCUT2D eigenvalue weighted by atomic mass is 10.2. The highest BCUT2D eigenvalue weighted by Crippen LogP contribution is 2.21. The summed E-state index contributed by atoms with van der Waals surface area (Å²) in [5.74, 6) is 2.57. The second-order valence-corrected chi connectivity index (χ2v) is 5.42. The van der Waals surface area contributed by atoms with Gasteiger partial charge in [0.2, 0.25) is 0 Å². The Morgan fingerprint density at radius 1 is 1.20 bits per heavy atom. The number of aromatic nitrogens is 5. The summed E-state index contributed by atoms with van der Waals surface area (Å²) in [5, 5.41) is 20.8. The van der Waals surface area contributed by atoms with E-state index in [1.807, 2.05) is 19.9 Å². The second kappa shape index (κ2) is 7.04. The van der Waals surface area contributed by atoms with Gasteiger partial charge in [-0.3, -0.25) is 15.2 Å². The van der Waals surface area contributed by atoms with E-state index in [-0.39, 0.29) is 5.69 Å². The van der Waals surface area contributed by atoms with Crippen LogP contribution in [0, 0.1) is 17.0 Å². The van der Waals surface area contributed by atoms with Gasteiger partial charge in [-0.2, -0.15) is 5.10 Å². The molecule has 0 spiro atoms. The Balaban J connectivity index is 1.85. The third-order valence-electron chi connectivity index (χ3n) is 3.55. The van der Waals surface area contributed by atoms with Gasteiger partial charge in [-0.25, -0.2) is 15.0 Å².